The van der Waals surface area contributed by atoms with E-state index in [2.05, 4.69) is 19.1 Å². The number of aliphatic hydroxyl groups is 1. The molecule has 5 heteroatoms. The van der Waals surface area contributed by atoms with Gasteiger partial charge in [-0.2, -0.15) is 0 Å². The van der Waals surface area contributed by atoms with Gasteiger partial charge in [-0.25, -0.2) is 0 Å². The third-order valence-corrected chi connectivity index (χ3v) is 4.88. The highest BCUT2D eigenvalue weighted by atomic mass is 16.5. The van der Waals surface area contributed by atoms with Crippen molar-refractivity contribution >= 4 is 5.57 Å². The minimum atomic E-state index is 0.0491. The second-order valence-electron chi connectivity index (χ2n) is 6.65. The van der Waals surface area contributed by atoms with E-state index in [0.717, 1.165) is 48.5 Å². The quantitative estimate of drug-likeness (QED) is 0.492. The Hall–Kier alpha value is -2.40. The molecule has 1 N–H and O–H groups in total. The Kier molecular flexibility index (Phi) is 11.0. The van der Waals surface area contributed by atoms with Gasteiger partial charge in [-0.3, -0.25) is 0 Å². The second kappa shape index (κ2) is 12.9. The zero-order chi connectivity index (χ0) is 21.8. The van der Waals surface area contributed by atoms with Crippen molar-refractivity contribution < 1.29 is 24.1 Å². The molecule has 1 aliphatic carbocycles. The van der Waals surface area contributed by atoms with E-state index >= 15 is 0 Å². The molecule has 0 heterocycles. The van der Waals surface area contributed by atoms with Crippen molar-refractivity contribution in [3.8, 4) is 17.2 Å². The van der Waals surface area contributed by atoms with Crippen LogP contribution in [0.2, 0.25) is 0 Å². The summed E-state index contributed by atoms with van der Waals surface area (Å²) in [6.45, 7) is 5.97. The summed E-state index contributed by atoms with van der Waals surface area (Å²) in [7, 11) is 6.60. The monoisotopic (exact) mass is 404 g/mol. The van der Waals surface area contributed by atoms with Crippen molar-refractivity contribution in [3.05, 3.63) is 46.8 Å². The summed E-state index contributed by atoms with van der Waals surface area (Å²) >= 11 is 0. The number of rotatable bonds is 7. The summed E-state index contributed by atoms with van der Waals surface area (Å²) in [5, 5.41) is 8.69. The van der Waals surface area contributed by atoms with Crippen LogP contribution < -0.4 is 14.2 Å². The molecule has 5 nitrogen and oxygen atoms in total. The van der Waals surface area contributed by atoms with E-state index in [1.165, 1.54) is 16.7 Å². The molecule has 162 valence electrons. The maximum atomic E-state index is 8.69. The minimum Gasteiger partial charge on any atom is -0.497 e. The Morgan fingerprint density at radius 2 is 1.79 bits per heavy atom. The first-order chi connectivity index (χ1) is 14.0. The first-order valence-corrected chi connectivity index (χ1v) is 10.0. The maximum Gasteiger partial charge on any atom is 0.203 e. The summed E-state index contributed by atoms with van der Waals surface area (Å²) < 4.78 is 21.5. The molecule has 1 aromatic carbocycles. The number of hydrogen-bond donors (Lipinski definition) is 1. The van der Waals surface area contributed by atoms with Gasteiger partial charge in [0.25, 0.3) is 0 Å². The molecule has 0 atom stereocenters. The average molecular weight is 405 g/mol. The van der Waals surface area contributed by atoms with Crippen LogP contribution >= 0.6 is 0 Å². The van der Waals surface area contributed by atoms with Gasteiger partial charge in [0.15, 0.2) is 11.5 Å². The molecule has 2 rings (SSSR count). The number of hydrogen-bond acceptors (Lipinski definition) is 5. The zero-order valence-electron chi connectivity index (χ0n) is 18.9. The molecular formula is C24H36O5. The summed E-state index contributed by atoms with van der Waals surface area (Å²) in [4.78, 5) is 0. The summed E-state index contributed by atoms with van der Waals surface area (Å²) in [6.07, 6.45) is 10.3. The van der Waals surface area contributed by atoms with Crippen molar-refractivity contribution in [1.29, 1.82) is 0 Å². The fourth-order valence-electron chi connectivity index (χ4n) is 3.36. The first-order valence-electron chi connectivity index (χ1n) is 10.0. The molecule has 0 aliphatic heterocycles. The summed E-state index contributed by atoms with van der Waals surface area (Å²) in [6, 6.07) is 2.08. The lowest BCUT2D eigenvalue weighted by atomic mass is 9.95. The van der Waals surface area contributed by atoms with Crippen molar-refractivity contribution in [1.82, 2.24) is 0 Å². The van der Waals surface area contributed by atoms with Gasteiger partial charge in [-0.05, 0) is 68.4 Å². The van der Waals surface area contributed by atoms with Gasteiger partial charge >= 0.3 is 0 Å². The van der Waals surface area contributed by atoms with Crippen LogP contribution in [0.25, 0.3) is 5.57 Å². The smallest absolute Gasteiger partial charge is 0.203 e. The van der Waals surface area contributed by atoms with Gasteiger partial charge in [-0.1, -0.05) is 19.1 Å². The third-order valence-electron chi connectivity index (χ3n) is 4.88. The van der Waals surface area contributed by atoms with Crippen molar-refractivity contribution in [2.75, 3.05) is 35.0 Å². The molecule has 0 spiro atoms. The highest BCUT2D eigenvalue weighted by Gasteiger charge is 2.22. The van der Waals surface area contributed by atoms with E-state index in [0.29, 0.717) is 5.75 Å². The van der Waals surface area contributed by atoms with Crippen LogP contribution in [-0.4, -0.2) is 40.2 Å². The van der Waals surface area contributed by atoms with Crippen LogP contribution in [0.3, 0.4) is 0 Å². The number of ether oxygens (including phenoxy) is 4. The molecule has 29 heavy (non-hydrogen) atoms. The highest BCUT2D eigenvalue weighted by molar-refractivity contribution is 5.75. The van der Waals surface area contributed by atoms with Gasteiger partial charge in [0, 0.05) is 5.56 Å². The lowest BCUT2D eigenvalue weighted by Gasteiger charge is -2.19. The van der Waals surface area contributed by atoms with E-state index in [-0.39, 0.29) is 6.61 Å². The molecule has 0 fully saturated rings. The minimum absolute atomic E-state index is 0.0491. The first kappa shape index (κ1) is 24.6. The molecule has 0 saturated heterocycles. The third kappa shape index (κ3) is 6.29. The number of benzene rings is 1. The van der Waals surface area contributed by atoms with Crippen LogP contribution in [0.5, 0.6) is 17.2 Å². The van der Waals surface area contributed by atoms with Gasteiger partial charge in [0.05, 0.1) is 35.0 Å². The number of methoxy groups -OCH3 is 4. The molecule has 1 aliphatic rings. The normalized spacial score (nSPS) is 14.0. The Morgan fingerprint density at radius 3 is 2.28 bits per heavy atom. The van der Waals surface area contributed by atoms with Gasteiger partial charge in [0.1, 0.15) is 5.76 Å². The van der Waals surface area contributed by atoms with E-state index in [1.807, 2.05) is 26.0 Å². The van der Waals surface area contributed by atoms with Crippen LogP contribution in [0.15, 0.2) is 35.6 Å². The number of allylic oxidation sites excluding steroid dienone is 4. The second-order valence-corrected chi connectivity index (χ2v) is 6.65. The van der Waals surface area contributed by atoms with Gasteiger partial charge < -0.3 is 24.1 Å². The van der Waals surface area contributed by atoms with Gasteiger partial charge in [0.2, 0.25) is 5.75 Å². The predicted molar refractivity (Wildman–Crippen MR) is 119 cm³/mol. The molecule has 0 aromatic heterocycles. The fraction of sp³-hybridized carbons (Fsp3) is 0.500. The highest BCUT2D eigenvalue weighted by Crippen LogP contribution is 2.45. The van der Waals surface area contributed by atoms with Crippen LogP contribution in [0.1, 0.15) is 51.2 Å². The maximum absolute atomic E-state index is 8.69. The molecule has 0 unspecified atom stereocenters. The van der Waals surface area contributed by atoms with Gasteiger partial charge in [-0.15, -0.1) is 0 Å². The number of aliphatic hydroxyl groups excluding tert-OH is 1. The van der Waals surface area contributed by atoms with E-state index in [9.17, 15) is 0 Å². The Labute approximate surface area is 175 Å². The van der Waals surface area contributed by atoms with Crippen LogP contribution in [0, 0.1) is 0 Å². The fourth-order valence-corrected chi connectivity index (χ4v) is 3.36. The van der Waals surface area contributed by atoms with Crippen LogP contribution in [0.4, 0.5) is 0 Å². The van der Waals surface area contributed by atoms with E-state index < -0.39 is 0 Å². The van der Waals surface area contributed by atoms with Crippen LogP contribution in [-0.2, 0) is 11.2 Å². The predicted octanol–water partition coefficient (Wildman–Crippen LogP) is 5.32. The SMILES string of the molecule is C/C=C\C(OC)=C(/C)CO.CCC1=CCCCc2c1cc(OC)c(OC)c2OC. The summed E-state index contributed by atoms with van der Waals surface area (Å²) in [5.74, 6) is 2.99. The van der Waals surface area contributed by atoms with Crippen molar-refractivity contribution in [3.63, 3.8) is 0 Å². The lowest BCUT2D eigenvalue weighted by Crippen LogP contribution is -2.02. The molecule has 0 saturated carbocycles. The lowest BCUT2D eigenvalue weighted by molar-refractivity contribution is 0.280. The molecular weight excluding hydrogens is 368 g/mol. The molecule has 0 bridgehead atoms. The summed E-state index contributed by atoms with van der Waals surface area (Å²) in [5.41, 5.74) is 4.70. The largest absolute Gasteiger partial charge is 0.497 e. The topological polar surface area (TPSA) is 57.2 Å². The average Bonchev–Trinajstić information content (AvgIpc) is 2.97. The van der Waals surface area contributed by atoms with E-state index in [1.54, 1.807) is 28.4 Å². The standard InChI is InChI=1S/C16H22O3.C8H14O2/c1-5-11-8-6-7-9-12-13(11)10-14(17-2)16(19-4)15(12)18-3;1-4-5-8(10-3)7(2)6-9/h8,10H,5-7,9H2,1-4H3;4-5,9H,6H2,1-3H3/b;5-4-,8-7-. The van der Waals surface area contributed by atoms with Crippen molar-refractivity contribution in [2.24, 2.45) is 0 Å². The molecule has 1 aromatic rings. The molecule has 0 radical (unpaired) electrons. The Bertz CT molecular complexity index is 744. The molecule has 0 amide bonds. The van der Waals surface area contributed by atoms with Crippen molar-refractivity contribution in [2.45, 2.75) is 46.5 Å². The zero-order valence-corrected chi connectivity index (χ0v) is 18.9. The number of fused-ring (bicyclic) bond motifs is 1. The Balaban J connectivity index is 0.000000359. The van der Waals surface area contributed by atoms with E-state index in [4.69, 9.17) is 24.1 Å². The Morgan fingerprint density at radius 1 is 1.10 bits per heavy atom.